The second-order valence-corrected chi connectivity index (χ2v) is 6.83. The Labute approximate surface area is 140 Å². The second-order valence-electron chi connectivity index (χ2n) is 4.43. The zero-order valence-electron chi connectivity index (χ0n) is 11.0. The topological polar surface area (TPSA) is 15.3 Å². The van der Waals surface area contributed by atoms with Crippen LogP contribution in [0.15, 0.2) is 22.5 Å². The third-order valence-corrected chi connectivity index (χ3v) is 5.42. The summed E-state index contributed by atoms with van der Waals surface area (Å²) in [6.07, 6.45) is 3.07. The van der Waals surface area contributed by atoms with Gasteiger partial charge in [-0.2, -0.15) is 0 Å². The molecule has 0 spiro atoms. The Bertz CT molecular complexity index is 372. The van der Waals surface area contributed by atoms with E-state index in [1.54, 1.807) is 0 Å². The summed E-state index contributed by atoms with van der Waals surface area (Å²) < 4.78 is 1.26. The molecule has 0 bridgehead atoms. The van der Waals surface area contributed by atoms with Crippen molar-refractivity contribution in [3.05, 3.63) is 32.9 Å². The Morgan fingerprint density at radius 3 is 2.58 bits per heavy atom. The van der Waals surface area contributed by atoms with Gasteiger partial charge in [-0.05, 0) is 40.9 Å². The van der Waals surface area contributed by atoms with E-state index in [2.05, 4.69) is 45.7 Å². The van der Waals surface area contributed by atoms with E-state index in [-0.39, 0.29) is 24.8 Å². The van der Waals surface area contributed by atoms with Gasteiger partial charge in [0.1, 0.15) is 0 Å². The molecule has 1 aromatic rings. The minimum atomic E-state index is 0. The Hall–Kier alpha value is 0.420. The van der Waals surface area contributed by atoms with E-state index in [4.69, 9.17) is 0 Å². The van der Waals surface area contributed by atoms with Gasteiger partial charge >= 0.3 is 0 Å². The first-order valence-corrected chi connectivity index (χ1v) is 7.65. The fourth-order valence-corrected chi connectivity index (χ4v) is 3.96. The van der Waals surface area contributed by atoms with Crippen molar-refractivity contribution in [2.24, 2.45) is 0 Å². The molecule has 0 radical (unpaired) electrons. The summed E-state index contributed by atoms with van der Waals surface area (Å²) in [5, 5.41) is 3.41. The molecule has 1 aliphatic rings. The summed E-state index contributed by atoms with van der Waals surface area (Å²) in [5.41, 5.74) is 1.34. The van der Waals surface area contributed by atoms with Crippen molar-refractivity contribution in [2.45, 2.75) is 19.4 Å². The van der Waals surface area contributed by atoms with Crippen molar-refractivity contribution >= 4 is 52.1 Å². The minimum Gasteiger partial charge on any atom is -0.314 e. The quantitative estimate of drug-likeness (QED) is 0.779. The molecule has 1 fully saturated rings. The predicted octanol–water partition coefficient (Wildman–Crippen LogP) is 4.19. The first-order chi connectivity index (χ1) is 8.22. The van der Waals surface area contributed by atoms with Gasteiger partial charge in [0.2, 0.25) is 0 Å². The lowest BCUT2D eigenvalue weighted by molar-refractivity contribution is 0.177. The molecular weight excluding hydrogens is 367 g/mol. The number of piperazine rings is 1. The molecule has 2 rings (SSSR count). The first-order valence-electron chi connectivity index (χ1n) is 6.04. The van der Waals surface area contributed by atoms with Crippen LogP contribution in [0.2, 0.25) is 0 Å². The Balaban J connectivity index is 0.00000162. The average molecular weight is 388 g/mol. The molecule has 0 amide bonds. The number of thiophene rings is 1. The molecule has 0 unspecified atom stereocenters. The van der Waals surface area contributed by atoms with Crippen molar-refractivity contribution in [1.82, 2.24) is 10.2 Å². The highest BCUT2D eigenvalue weighted by Gasteiger charge is 2.22. The Morgan fingerprint density at radius 2 is 2.11 bits per heavy atom. The highest BCUT2D eigenvalue weighted by atomic mass is 79.9. The van der Waals surface area contributed by atoms with Crippen LogP contribution in [0.25, 0.3) is 0 Å². The normalized spacial score (nSPS) is 17.2. The Morgan fingerprint density at radius 1 is 1.47 bits per heavy atom. The van der Waals surface area contributed by atoms with Gasteiger partial charge in [-0.15, -0.1) is 42.7 Å². The van der Waals surface area contributed by atoms with Crippen LogP contribution >= 0.6 is 52.1 Å². The van der Waals surface area contributed by atoms with Crippen molar-refractivity contribution in [3.8, 4) is 0 Å². The molecular formula is C13H21BrCl2N2S. The number of aryl methyl sites for hydroxylation is 1. The maximum atomic E-state index is 3.90. The van der Waals surface area contributed by atoms with Crippen LogP contribution in [0, 0.1) is 6.92 Å². The monoisotopic (exact) mass is 386 g/mol. The van der Waals surface area contributed by atoms with Crippen LogP contribution in [-0.2, 0) is 0 Å². The van der Waals surface area contributed by atoms with Gasteiger partial charge in [-0.3, -0.25) is 4.90 Å². The summed E-state index contributed by atoms with van der Waals surface area (Å²) in [4.78, 5) is 4.02. The third kappa shape index (κ3) is 5.03. The molecule has 0 saturated carbocycles. The zero-order chi connectivity index (χ0) is 12.3. The van der Waals surface area contributed by atoms with Gasteiger partial charge in [-0.1, -0.05) is 6.08 Å². The number of nitrogens with one attached hydrogen (secondary N) is 1. The van der Waals surface area contributed by atoms with E-state index in [0.29, 0.717) is 6.04 Å². The number of hydrogen-bond donors (Lipinski definition) is 1. The smallest absolute Gasteiger partial charge is 0.0731 e. The molecule has 19 heavy (non-hydrogen) atoms. The number of rotatable bonds is 4. The molecule has 1 atom stereocenters. The summed E-state index contributed by atoms with van der Waals surface area (Å²) in [5.74, 6) is 0. The molecule has 0 aromatic carbocycles. The molecule has 110 valence electrons. The van der Waals surface area contributed by atoms with Gasteiger partial charge in [0.25, 0.3) is 0 Å². The standard InChI is InChI=1S/C13H19BrN2S.2ClH/c1-3-4-11(16-7-5-15-6-8-16)12-9-10(2)13(14)17-12;;/h3,9,11,15H,1,4-8H2,2H3;2*1H/t11-;;/m1../s1. The van der Waals surface area contributed by atoms with Gasteiger partial charge in [0.15, 0.2) is 0 Å². The molecule has 2 nitrogen and oxygen atoms in total. The van der Waals surface area contributed by atoms with E-state index in [1.807, 2.05) is 17.4 Å². The Kier molecular flexibility index (Phi) is 9.58. The lowest BCUT2D eigenvalue weighted by Crippen LogP contribution is -2.44. The first kappa shape index (κ1) is 19.4. The van der Waals surface area contributed by atoms with Crippen molar-refractivity contribution in [3.63, 3.8) is 0 Å². The van der Waals surface area contributed by atoms with E-state index >= 15 is 0 Å². The number of hydrogen-bond acceptors (Lipinski definition) is 3. The molecule has 1 N–H and O–H groups in total. The molecule has 0 aliphatic carbocycles. The minimum absolute atomic E-state index is 0. The van der Waals surface area contributed by atoms with Crippen LogP contribution in [0.4, 0.5) is 0 Å². The second kappa shape index (κ2) is 9.37. The van der Waals surface area contributed by atoms with E-state index in [9.17, 15) is 0 Å². The van der Waals surface area contributed by atoms with Gasteiger partial charge in [0.05, 0.1) is 3.79 Å². The average Bonchev–Trinajstić information content (AvgIpc) is 2.67. The van der Waals surface area contributed by atoms with Gasteiger partial charge in [0, 0.05) is 37.1 Å². The van der Waals surface area contributed by atoms with Crippen molar-refractivity contribution in [1.29, 1.82) is 0 Å². The van der Waals surface area contributed by atoms with E-state index < -0.39 is 0 Å². The molecule has 1 saturated heterocycles. The molecule has 1 aliphatic heterocycles. The fraction of sp³-hybridized carbons (Fsp3) is 0.538. The van der Waals surface area contributed by atoms with Crippen LogP contribution in [0.3, 0.4) is 0 Å². The summed E-state index contributed by atoms with van der Waals surface area (Å²) in [7, 11) is 0. The third-order valence-electron chi connectivity index (χ3n) is 3.19. The highest BCUT2D eigenvalue weighted by molar-refractivity contribution is 9.11. The largest absolute Gasteiger partial charge is 0.314 e. The highest BCUT2D eigenvalue weighted by Crippen LogP contribution is 2.35. The number of halogens is 3. The van der Waals surface area contributed by atoms with Crippen LogP contribution in [0.1, 0.15) is 22.9 Å². The predicted molar refractivity (Wildman–Crippen MR) is 93.2 cm³/mol. The summed E-state index contributed by atoms with van der Waals surface area (Å²) in [6.45, 7) is 10.5. The fourth-order valence-electron chi connectivity index (χ4n) is 2.24. The maximum Gasteiger partial charge on any atom is 0.0731 e. The maximum absolute atomic E-state index is 3.90. The SMILES string of the molecule is C=CC[C@H](c1cc(C)c(Br)s1)N1CCNCC1.Cl.Cl. The van der Waals surface area contributed by atoms with Gasteiger partial charge in [-0.25, -0.2) is 0 Å². The van der Waals surface area contributed by atoms with Crippen LogP contribution < -0.4 is 5.32 Å². The number of nitrogens with zero attached hydrogens (tertiary/aromatic N) is 1. The summed E-state index contributed by atoms with van der Waals surface area (Å²) in [6, 6.07) is 2.81. The van der Waals surface area contributed by atoms with E-state index in [0.717, 1.165) is 32.6 Å². The van der Waals surface area contributed by atoms with Crippen LogP contribution in [-0.4, -0.2) is 31.1 Å². The zero-order valence-corrected chi connectivity index (χ0v) is 15.1. The summed E-state index contributed by atoms with van der Waals surface area (Å²) >= 11 is 5.48. The lowest BCUT2D eigenvalue weighted by Gasteiger charge is -2.34. The molecule has 6 heteroatoms. The lowest BCUT2D eigenvalue weighted by atomic mass is 10.1. The van der Waals surface area contributed by atoms with Crippen molar-refractivity contribution < 1.29 is 0 Å². The van der Waals surface area contributed by atoms with E-state index in [1.165, 1.54) is 14.2 Å². The van der Waals surface area contributed by atoms with Gasteiger partial charge < -0.3 is 5.32 Å². The molecule has 1 aromatic heterocycles. The van der Waals surface area contributed by atoms with Crippen LogP contribution in [0.5, 0.6) is 0 Å². The van der Waals surface area contributed by atoms with Crippen molar-refractivity contribution in [2.75, 3.05) is 26.2 Å². The molecule has 2 heterocycles.